The average molecular weight is 272 g/mol. The second-order valence-electron chi connectivity index (χ2n) is 4.48. The standard InChI is InChI=1S/C15H16N2O3/c1-2-11-3-5-12(6-4-11)10-16-14-8-7-13(18)9-15(14)17(19)20/h3-9,16,18H,2,10H2,1H3. The minimum absolute atomic E-state index is 0.116. The average Bonchev–Trinajstić information content (AvgIpc) is 2.46. The molecule has 0 spiro atoms. The number of nitro groups is 1. The number of phenols is 1. The first kappa shape index (κ1) is 13.9. The Bertz CT molecular complexity index is 609. The minimum atomic E-state index is -0.512. The van der Waals surface area contributed by atoms with Crippen LogP contribution in [0.3, 0.4) is 0 Å². The topological polar surface area (TPSA) is 75.4 Å². The summed E-state index contributed by atoms with van der Waals surface area (Å²) in [6.07, 6.45) is 0.983. The van der Waals surface area contributed by atoms with Crippen LogP contribution in [0.25, 0.3) is 0 Å². The molecule has 0 radical (unpaired) electrons. The van der Waals surface area contributed by atoms with Gasteiger partial charge in [0.25, 0.3) is 5.69 Å². The van der Waals surface area contributed by atoms with E-state index in [0.717, 1.165) is 18.1 Å². The lowest BCUT2D eigenvalue weighted by molar-refractivity contribution is -0.384. The molecule has 20 heavy (non-hydrogen) atoms. The van der Waals surface area contributed by atoms with Crippen molar-refractivity contribution >= 4 is 11.4 Å². The number of aryl methyl sites for hydroxylation is 1. The summed E-state index contributed by atoms with van der Waals surface area (Å²) in [5.74, 6) is -0.116. The summed E-state index contributed by atoms with van der Waals surface area (Å²) in [7, 11) is 0. The van der Waals surface area contributed by atoms with Gasteiger partial charge < -0.3 is 10.4 Å². The monoisotopic (exact) mass is 272 g/mol. The van der Waals surface area contributed by atoms with Crippen LogP contribution in [0.5, 0.6) is 5.75 Å². The van der Waals surface area contributed by atoms with Crippen molar-refractivity contribution in [1.82, 2.24) is 0 Å². The molecule has 0 amide bonds. The van der Waals surface area contributed by atoms with Crippen LogP contribution in [0.1, 0.15) is 18.1 Å². The lowest BCUT2D eigenvalue weighted by Crippen LogP contribution is -2.02. The SMILES string of the molecule is CCc1ccc(CNc2ccc(O)cc2[N+](=O)[O-])cc1. The van der Waals surface area contributed by atoms with E-state index < -0.39 is 4.92 Å². The fourth-order valence-corrected chi connectivity index (χ4v) is 1.91. The molecular formula is C15H16N2O3. The summed E-state index contributed by atoms with van der Waals surface area (Å²) < 4.78 is 0. The van der Waals surface area contributed by atoms with Crippen molar-refractivity contribution in [2.24, 2.45) is 0 Å². The summed E-state index contributed by atoms with van der Waals surface area (Å²) >= 11 is 0. The van der Waals surface area contributed by atoms with E-state index in [4.69, 9.17) is 0 Å². The predicted octanol–water partition coefficient (Wildman–Crippen LogP) is 3.47. The van der Waals surface area contributed by atoms with Crippen molar-refractivity contribution in [3.63, 3.8) is 0 Å². The van der Waals surface area contributed by atoms with Crippen molar-refractivity contribution in [2.45, 2.75) is 19.9 Å². The molecule has 0 unspecified atom stereocenters. The number of hydrogen-bond donors (Lipinski definition) is 2. The Kier molecular flexibility index (Phi) is 4.20. The third-order valence-corrected chi connectivity index (χ3v) is 3.09. The summed E-state index contributed by atoms with van der Waals surface area (Å²) in [4.78, 5) is 10.4. The first-order valence-electron chi connectivity index (χ1n) is 6.39. The van der Waals surface area contributed by atoms with Crippen molar-refractivity contribution < 1.29 is 10.0 Å². The molecule has 0 saturated carbocycles. The van der Waals surface area contributed by atoms with Gasteiger partial charge in [-0.2, -0.15) is 0 Å². The van der Waals surface area contributed by atoms with Gasteiger partial charge in [0.1, 0.15) is 11.4 Å². The van der Waals surface area contributed by atoms with Crippen LogP contribution in [-0.2, 0) is 13.0 Å². The lowest BCUT2D eigenvalue weighted by atomic mass is 10.1. The van der Waals surface area contributed by atoms with Crippen LogP contribution in [0.2, 0.25) is 0 Å². The maximum atomic E-state index is 10.9. The van der Waals surface area contributed by atoms with Crippen LogP contribution >= 0.6 is 0 Å². The van der Waals surface area contributed by atoms with Crippen molar-refractivity contribution in [1.29, 1.82) is 0 Å². The quantitative estimate of drug-likeness (QED) is 0.496. The number of anilines is 1. The van der Waals surface area contributed by atoms with E-state index in [1.54, 1.807) is 0 Å². The van der Waals surface area contributed by atoms with Gasteiger partial charge in [0.15, 0.2) is 0 Å². The number of benzene rings is 2. The largest absolute Gasteiger partial charge is 0.508 e. The number of nitrogens with zero attached hydrogens (tertiary/aromatic N) is 1. The molecular weight excluding hydrogens is 256 g/mol. The van der Waals surface area contributed by atoms with E-state index in [9.17, 15) is 15.2 Å². The Morgan fingerprint density at radius 1 is 1.15 bits per heavy atom. The third-order valence-electron chi connectivity index (χ3n) is 3.09. The third kappa shape index (κ3) is 3.26. The molecule has 0 heterocycles. The molecule has 0 saturated heterocycles. The van der Waals surface area contributed by atoms with Crippen LogP contribution in [-0.4, -0.2) is 10.0 Å². The molecule has 5 nitrogen and oxygen atoms in total. The molecule has 0 aliphatic heterocycles. The molecule has 2 rings (SSSR count). The number of aromatic hydroxyl groups is 1. The van der Waals surface area contributed by atoms with Gasteiger partial charge >= 0.3 is 0 Å². The van der Waals surface area contributed by atoms with Gasteiger partial charge in [-0.05, 0) is 29.7 Å². The molecule has 0 atom stereocenters. The molecule has 0 aliphatic carbocycles. The molecule has 0 aromatic heterocycles. The highest BCUT2D eigenvalue weighted by atomic mass is 16.6. The van der Waals surface area contributed by atoms with E-state index in [2.05, 4.69) is 12.2 Å². The number of nitro benzene ring substituents is 1. The van der Waals surface area contributed by atoms with Crippen LogP contribution < -0.4 is 5.32 Å². The maximum Gasteiger partial charge on any atom is 0.296 e. The number of nitrogens with one attached hydrogen (secondary N) is 1. The summed E-state index contributed by atoms with van der Waals surface area (Å²) in [5, 5.41) is 23.2. The summed E-state index contributed by atoms with van der Waals surface area (Å²) in [6.45, 7) is 2.59. The van der Waals surface area contributed by atoms with Gasteiger partial charge in [-0.3, -0.25) is 10.1 Å². The molecule has 104 valence electrons. The Hall–Kier alpha value is -2.56. The van der Waals surface area contributed by atoms with Crippen molar-refractivity contribution in [3.05, 3.63) is 63.7 Å². The molecule has 0 fully saturated rings. The highest BCUT2D eigenvalue weighted by Gasteiger charge is 2.14. The van der Waals surface area contributed by atoms with E-state index in [1.165, 1.54) is 17.7 Å². The lowest BCUT2D eigenvalue weighted by Gasteiger charge is -2.08. The number of rotatable bonds is 5. The Morgan fingerprint density at radius 2 is 1.80 bits per heavy atom. The molecule has 0 aliphatic rings. The van der Waals surface area contributed by atoms with E-state index in [1.807, 2.05) is 24.3 Å². The zero-order valence-corrected chi connectivity index (χ0v) is 11.2. The van der Waals surface area contributed by atoms with Crippen molar-refractivity contribution in [2.75, 3.05) is 5.32 Å². The first-order valence-corrected chi connectivity index (χ1v) is 6.39. The second kappa shape index (κ2) is 6.06. The summed E-state index contributed by atoms with van der Waals surface area (Å²) in [5.41, 5.74) is 2.57. The predicted molar refractivity (Wildman–Crippen MR) is 77.9 cm³/mol. The van der Waals surface area contributed by atoms with Gasteiger partial charge in [-0.15, -0.1) is 0 Å². The normalized spacial score (nSPS) is 10.2. The minimum Gasteiger partial charge on any atom is -0.508 e. The van der Waals surface area contributed by atoms with Gasteiger partial charge in [0.2, 0.25) is 0 Å². The molecule has 2 aromatic rings. The van der Waals surface area contributed by atoms with Crippen LogP contribution in [0.15, 0.2) is 42.5 Å². The first-order chi connectivity index (χ1) is 9.60. The van der Waals surface area contributed by atoms with Gasteiger partial charge in [0.05, 0.1) is 11.0 Å². The zero-order valence-electron chi connectivity index (χ0n) is 11.2. The molecule has 0 bridgehead atoms. The maximum absolute atomic E-state index is 10.9. The molecule has 2 aromatic carbocycles. The van der Waals surface area contributed by atoms with E-state index in [0.29, 0.717) is 12.2 Å². The smallest absolute Gasteiger partial charge is 0.296 e. The Morgan fingerprint density at radius 3 is 2.40 bits per heavy atom. The van der Waals surface area contributed by atoms with Crippen LogP contribution in [0, 0.1) is 10.1 Å². The Balaban J connectivity index is 2.12. The van der Waals surface area contributed by atoms with Gasteiger partial charge in [0, 0.05) is 6.54 Å². The van der Waals surface area contributed by atoms with E-state index >= 15 is 0 Å². The van der Waals surface area contributed by atoms with Crippen LogP contribution in [0.4, 0.5) is 11.4 Å². The number of hydrogen-bond acceptors (Lipinski definition) is 4. The van der Waals surface area contributed by atoms with Crippen molar-refractivity contribution in [3.8, 4) is 5.75 Å². The fraction of sp³-hybridized carbons (Fsp3) is 0.200. The fourth-order valence-electron chi connectivity index (χ4n) is 1.91. The highest BCUT2D eigenvalue weighted by molar-refractivity contribution is 5.63. The molecule has 2 N–H and O–H groups in total. The van der Waals surface area contributed by atoms with Gasteiger partial charge in [-0.25, -0.2) is 0 Å². The second-order valence-corrected chi connectivity index (χ2v) is 4.48. The zero-order chi connectivity index (χ0) is 14.5. The highest BCUT2D eigenvalue weighted by Crippen LogP contribution is 2.28. The van der Waals surface area contributed by atoms with Gasteiger partial charge in [-0.1, -0.05) is 31.2 Å². The molecule has 5 heteroatoms. The number of phenolic OH excluding ortho intramolecular Hbond substituents is 1. The Labute approximate surface area is 117 Å². The summed E-state index contributed by atoms with van der Waals surface area (Å²) in [6, 6.07) is 12.2. The van der Waals surface area contributed by atoms with E-state index in [-0.39, 0.29) is 11.4 Å².